The number of carbonyl (C=O) groups excluding carboxylic acids is 3. The molecule has 0 bridgehead atoms. The molecule has 10 nitrogen and oxygen atoms in total. The van der Waals surface area contributed by atoms with E-state index in [0.29, 0.717) is 6.42 Å². The molecule has 35 heavy (non-hydrogen) atoms. The first-order valence-corrected chi connectivity index (χ1v) is 11.9. The van der Waals surface area contributed by atoms with Gasteiger partial charge in [-0.05, 0) is 60.8 Å². The Labute approximate surface area is 209 Å². The van der Waals surface area contributed by atoms with Crippen LogP contribution in [0.4, 0.5) is 4.79 Å². The molecule has 0 aromatic carbocycles. The third-order valence-electron chi connectivity index (χ3n) is 5.35. The number of carbonyl (C=O) groups is 3. The summed E-state index contributed by atoms with van der Waals surface area (Å²) in [7, 11) is 1.39. The molecule has 1 aliphatic heterocycles. The molecule has 2 amide bonds. The smallest absolute Gasteiger partial charge is 0.411 e. The summed E-state index contributed by atoms with van der Waals surface area (Å²) in [5.74, 6) is 0.741. The van der Waals surface area contributed by atoms with Gasteiger partial charge in [0.1, 0.15) is 23.3 Å². The second kappa shape index (κ2) is 12.6. The molecule has 0 radical (unpaired) electrons. The van der Waals surface area contributed by atoms with Gasteiger partial charge in [-0.1, -0.05) is 12.8 Å². The van der Waals surface area contributed by atoms with Crippen LogP contribution >= 0.6 is 0 Å². The molecule has 2 N–H and O–H groups in total. The van der Waals surface area contributed by atoms with Crippen LogP contribution in [-0.4, -0.2) is 77.0 Å². The van der Waals surface area contributed by atoms with Gasteiger partial charge in [0.25, 0.3) is 0 Å². The molecule has 1 aliphatic rings. The number of terminal acetylenes is 1. The van der Waals surface area contributed by atoms with Crippen molar-refractivity contribution in [2.24, 2.45) is 5.92 Å². The predicted octanol–water partition coefficient (Wildman–Crippen LogP) is 2.57. The highest BCUT2D eigenvalue weighted by Crippen LogP contribution is 2.38. The molecule has 2 unspecified atom stereocenters. The summed E-state index contributed by atoms with van der Waals surface area (Å²) < 4.78 is 22.3. The van der Waals surface area contributed by atoms with Crippen LogP contribution in [0.3, 0.4) is 0 Å². The van der Waals surface area contributed by atoms with Gasteiger partial charge >= 0.3 is 12.1 Å². The van der Waals surface area contributed by atoms with Crippen LogP contribution in [0.2, 0.25) is 0 Å². The maximum absolute atomic E-state index is 13.3. The number of nitrogens with one attached hydrogen (secondary N) is 1. The van der Waals surface area contributed by atoms with Crippen LogP contribution in [0.15, 0.2) is 0 Å². The van der Waals surface area contributed by atoms with Crippen molar-refractivity contribution in [3.05, 3.63) is 0 Å². The van der Waals surface area contributed by atoms with Crippen LogP contribution in [0, 0.1) is 18.3 Å². The van der Waals surface area contributed by atoms with Crippen molar-refractivity contribution < 1.29 is 38.4 Å². The monoisotopic (exact) mass is 498 g/mol. The molecular weight excluding hydrogens is 456 g/mol. The molecule has 0 aromatic heterocycles. The van der Waals surface area contributed by atoms with E-state index >= 15 is 0 Å². The first-order chi connectivity index (χ1) is 16.0. The van der Waals surface area contributed by atoms with Gasteiger partial charge in [-0.15, -0.1) is 6.42 Å². The Morgan fingerprint density at radius 3 is 2.14 bits per heavy atom. The topological polar surface area (TPSA) is 124 Å². The quantitative estimate of drug-likeness (QED) is 0.282. The Hall–Kier alpha value is -2.35. The number of methoxy groups -OCH3 is 1. The number of likely N-dealkylation sites (tertiary alicyclic amines) is 1. The van der Waals surface area contributed by atoms with Gasteiger partial charge in [-0.2, -0.15) is 0 Å². The van der Waals surface area contributed by atoms with Crippen LogP contribution in [0.1, 0.15) is 74.7 Å². The van der Waals surface area contributed by atoms with E-state index in [-0.39, 0.29) is 18.7 Å². The summed E-state index contributed by atoms with van der Waals surface area (Å²) in [4.78, 5) is 39.3. The molecule has 10 heteroatoms. The summed E-state index contributed by atoms with van der Waals surface area (Å²) >= 11 is 0. The minimum absolute atomic E-state index is 0.0972. The lowest BCUT2D eigenvalue weighted by molar-refractivity contribution is -0.182. The molecule has 1 rings (SSSR count). The normalized spacial score (nSPS) is 23.1. The van der Waals surface area contributed by atoms with E-state index in [2.05, 4.69) is 11.2 Å². The van der Waals surface area contributed by atoms with Crippen molar-refractivity contribution in [3.8, 4) is 12.3 Å². The van der Waals surface area contributed by atoms with E-state index in [1.54, 1.807) is 41.5 Å². The first kappa shape index (κ1) is 30.7. The number of aliphatic hydroxyl groups is 1. The molecule has 200 valence electrons. The van der Waals surface area contributed by atoms with E-state index in [1.807, 2.05) is 6.92 Å². The summed E-state index contributed by atoms with van der Waals surface area (Å²) in [6, 6.07) is -1.71. The molecular formula is C25H42N2O8. The average Bonchev–Trinajstić information content (AvgIpc) is 3.08. The largest absolute Gasteiger partial charge is 0.458 e. The fraction of sp³-hybridized carbons (Fsp3) is 0.800. The van der Waals surface area contributed by atoms with Gasteiger partial charge < -0.3 is 29.4 Å². The average molecular weight is 499 g/mol. The minimum Gasteiger partial charge on any atom is -0.458 e. The number of hydrogen-bond acceptors (Lipinski definition) is 8. The standard InChI is InChI=1S/C25H42N2O8/c1-11-16(33-22(32-10)26-15(3)28)13-18-17(20(29)12-2)14-19(21(30)34-24(4,5)6)27(18)23(31)35-25(7,8)9/h2,16-20,22,29H,11,13-14H2,1,3-10H3,(H,26,28)/t16-,17-,18-,19?,20+,22?/m1/s1. The molecule has 1 fully saturated rings. The molecule has 0 saturated carbocycles. The molecule has 1 saturated heterocycles. The van der Waals surface area contributed by atoms with Gasteiger partial charge in [0, 0.05) is 26.0 Å². The molecule has 0 aromatic rings. The van der Waals surface area contributed by atoms with Crippen molar-refractivity contribution >= 4 is 18.0 Å². The van der Waals surface area contributed by atoms with Crippen LogP contribution in [0.5, 0.6) is 0 Å². The predicted molar refractivity (Wildman–Crippen MR) is 129 cm³/mol. The highest BCUT2D eigenvalue weighted by Gasteiger charge is 2.52. The maximum atomic E-state index is 13.3. The van der Waals surface area contributed by atoms with Gasteiger partial charge in [-0.3, -0.25) is 9.69 Å². The zero-order valence-electron chi connectivity index (χ0n) is 22.4. The van der Waals surface area contributed by atoms with Gasteiger partial charge in [0.15, 0.2) is 0 Å². The first-order valence-electron chi connectivity index (χ1n) is 11.9. The highest BCUT2D eigenvalue weighted by atomic mass is 16.7. The third kappa shape index (κ3) is 9.67. The van der Waals surface area contributed by atoms with E-state index in [4.69, 9.17) is 25.4 Å². The van der Waals surface area contributed by atoms with Crippen molar-refractivity contribution in [1.29, 1.82) is 0 Å². The second-order valence-corrected chi connectivity index (χ2v) is 10.7. The number of rotatable bonds is 9. The van der Waals surface area contributed by atoms with Crippen molar-refractivity contribution in [1.82, 2.24) is 10.2 Å². The molecule has 0 spiro atoms. The number of hydrogen-bond donors (Lipinski definition) is 2. The SMILES string of the molecule is C#C[C@H](O)[C@@H]1CC(C(=O)OC(C)(C)C)N(C(=O)OC(C)(C)C)[C@@H]1C[C@@H](CC)OC(NC(C)=O)OC. The van der Waals surface area contributed by atoms with Crippen LogP contribution in [0.25, 0.3) is 0 Å². The summed E-state index contributed by atoms with van der Waals surface area (Å²) in [5, 5.41) is 13.2. The van der Waals surface area contributed by atoms with E-state index in [1.165, 1.54) is 18.9 Å². The lowest BCUT2D eigenvalue weighted by atomic mass is 9.89. The number of amides is 2. The zero-order valence-corrected chi connectivity index (χ0v) is 22.4. The summed E-state index contributed by atoms with van der Waals surface area (Å²) in [6.07, 6.45) is 2.88. The number of aliphatic hydroxyl groups excluding tert-OH is 1. The summed E-state index contributed by atoms with van der Waals surface area (Å²) in [5.41, 5.74) is -1.61. The minimum atomic E-state index is -1.22. The van der Waals surface area contributed by atoms with Crippen LogP contribution < -0.4 is 5.32 Å². The van der Waals surface area contributed by atoms with E-state index in [9.17, 15) is 19.5 Å². The van der Waals surface area contributed by atoms with Crippen molar-refractivity contribution in [2.75, 3.05) is 7.11 Å². The fourth-order valence-electron chi connectivity index (χ4n) is 3.95. The molecule has 0 aliphatic carbocycles. The van der Waals surface area contributed by atoms with Gasteiger partial charge in [-0.25, -0.2) is 9.59 Å². The Bertz CT molecular complexity index is 780. The zero-order chi connectivity index (χ0) is 27.1. The molecule has 1 heterocycles. The Balaban J connectivity index is 3.39. The number of ether oxygens (including phenoxy) is 4. The molecule has 6 atom stereocenters. The van der Waals surface area contributed by atoms with E-state index < -0.39 is 59.9 Å². The summed E-state index contributed by atoms with van der Waals surface area (Å²) in [6.45, 7) is 13.6. The highest BCUT2D eigenvalue weighted by molar-refractivity contribution is 5.83. The fourth-order valence-corrected chi connectivity index (χ4v) is 3.95. The Morgan fingerprint density at radius 2 is 1.71 bits per heavy atom. The van der Waals surface area contributed by atoms with Crippen molar-refractivity contribution in [3.63, 3.8) is 0 Å². The number of esters is 1. The van der Waals surface area contributed by atoms with E-state index in [0.717, 1.165) is 0 Å². The van der Waals surface area contributed by atoms with Crippen molar-refractivity contribution in [2.45, 2.75) is 117 Å². The van der Waals surface area contributed by atoms with Gasteiger partial charge in [0.2, 0.25) is 12.3 Å². The Kier molecular flexibility index (Phi) is 11.0. The van der Waals surface area contributed by atoms with Gasteiger partial charge in [0.05, 0.1) is 6.10 Å². The Morgan fingerprint density at radius 1 is 1.14 bits per heavy atom. The number of nitrogens with zero attached hydrogens (tertiary/aromatic N) is 1. The second-order valence-electron chi connectivity index (χ2n) is 10.7. The van der Waals surface area contributed by atoms with Crippen LogP contribution in [-0.2, 0) is 28.5 Å². The third-order valence-corrected chi connectivity index (χ3v) is 5.35. The maximum Gasteiger partial charge on any atom is 0.411 e. The lowest BCUT2D eigenvalue weighted by Crippen LogP contribution is -2.51. The lowest BCUT2D eigenvalue weighted by Gasteiger charge is -2.36.